The van der Waals surface area contributed by atoms with Gasteiger partial charge in [-0.05, 0) is 79.2 Å². The smallest absolute Gasteiger partial charge is 0.408 e. The SMILES string of the molecule is CC(C)(C)OC(=O)NC1(CCC(=O)OCc2ccccc2)CCOCC1.CC(C)(C)OC(=O)NC1(CN)CCOCC1. The topological polar surface area (TPSA) is 147 Å². The summed E-state index contributed by atoms with van der Waals surface area (Å²) < 4.78 is 26.6. The average molecular weight is 594 g/mol. The normalized spacial score (nSPS) is 18.0. The first-order valence-corrected chi connectivity index (χ1v) is 14.7. The number of nitrogens with two attached hydrogens (primary N) is 1. The Morgan fingerprint density at radius 2 is 1.24 bits per heavy atom. The number of hydrogen-bond acceptors (Lipinski definition) is 9. The molecule has 0 saturated carbocycles. The monoisotopic (exact) mass is 593 g/mol. The molecule has 1 aromatic rings. The zero-order valence-electron chi connectivity index (χ0n) is 26.2. The molecular formula is C31H51N3O8. The average Bonchev–Trinajstić information content (AvgIpc) is 2.90. The highest BCUT2D eigenvalue weighted by molar-refractivity contribution is 5.71. The summed E-state index contributed by atoms with van der Waals surface area (Å²) in [6, 6.07) is 9.56. The highest BCUT2D eigenvalue weighted by atomic mass is 16.6. The van der Waals surface area contributed by atoms with E-state index in [4.69, 9.17) is 29.4 Å². The number of carbonyl (C=O) groups is 3. The van der Waals surface area contributed by atoms with E-state index < -0.39 is 28.9 Å². The van der Waals surface area contributed by atoms with E-state index in [1.54, 1.807) is 0 Å². The van der Waals surface area contributed by atoms with Gasteiger partial charge in [-0.2, -0.15) is 0 Å². The molecule has 0 aliphatic carbocycles. The number of nitrogens with one attached hydrogen (secondary N) is 2. The second-order valence-electron chi connectivity index (χ2n) is 12.9. The predicted molar refractivity (Wildman–Crippen MR) is 159 cm³/mol. The Labute approximate surface area is 250 Å². The van der Waals surface area contributed by atoms with Crippen molar-refractivity contribution in [1.29, 1.82) is 0 Å². The van der Waals surface area contributed by atoms with Gasteiger partial charge in [0.15, 0.2) is 0 Å². The third-order valence-electron chi connectivity index (χ3n) is 6.87. The van der Waals surface area contributed by atoms with Crippen LogP contribution >= 0.6 is 0 Å². The van der Waals surface area contributed by atoms with Gasteiger partial charge in [0.2, 0.25) is 0 Å². The quantitative estimate of drug-likeness (QED) is 0.290. The number of alkyl carbamates (subject to hydrolysis) is 2. The highest BCUT2D eigenvalue weighted by Gasteiger charge is 2.36. The Hall–Kier alpha value is -2.89. The number of esters is 1. The van der Waals surface area contributed by atoms with Crippen LogP contribution in [0.4, 0.5) is 9.59 Å². The molecule has 11 nitrogen and oxygen atoms in total. The zero-order chi connectivity index (χ0) is 31.3. The van der Waals surface area contributed by atoms with E-state index >= 15 is 0 Å². The molecule has 0 atom stereocenters. The highest BCUT2D eigenvalue weighted by Crippen LogP contribution is 2.27. The lowest BCUT2D eigenvalue weighted by Crippen LogP contribution is -2.57. The minimum atomic E-state index is -0.564. The van der Waals surface area contributed by atoms with Crippen molar-refractivity contribution in [2.24, 2.45) is 5.73 Å². The van der Waals surface area contributed by atoms with Crippen molar-refractivity contribution in [2.45, 2.75) is 109 Å². The summed E-state index contributed by atoms with van der Waals surface area (Å²) >= 11 is 0. The molecule has 2 heterocycles. The van der Waals surface area contributed by atoms with Gasteiger partial charge < -0.3 is 40.1 Å². The fourth-order valence-corrected chi connectivity index (χ4v) is 4.53. The molecule has 238 valence electrons. The second kappa shape index (κ2) is 16.1. The van der Waals surface area contributed by atoms with E-state index in [1.807, 2.05) is 71.9 Å². The lowest BCUT2D eigenvalue weighted by atomic mass is 9.85. The first-order valence-electron chi connectivity index (χ1n) is 14.7. The zero-order valence-corrected chi connectivity index (χ0v) is 26.2. The Kier molecular flexibility index (Phi) is 13.5. The number of benzene rings is 1. The third-order valence-corrected chi connectivity index (χ3v) is 6.87. The van der Waals surface area contributed by atoms with Crippen LogP contribution in [0, 0.1) is 0 Å². The van der Waals surface area contributed by atoms with Crippen LogP contribution in [0.25, 0.3) is 0 Å². The first-order chi connectivity index (χ1) is 19.6. The molecule has 3 rings (SSSR count). The van der Waals surface area contributed by atoms with Gasteiger partial charge in [-0.15, -0.1) is 0 Å². The van der Waals surface area contributed by atoms with Crippen LogP contribution < -0.4 is 16.4 Å². The molecule has 0 bridgehead atoms. The van der Waals surface area contributed by atoms with E-state index in [0.717, 1.165) is 18.4 Å². The maximum atomic E-state index is 12.2. The van der Waals surface area contributed by atoms with Gasteiger partial charge >= 0.3 is 18.2 Å². The van der Waals surface area contributed by atoms with Crippen LogP contribution in [0.3, 0.4) is 0 Å². The fourth-order valence-electron chi connectivity index (χ4n) is 4.53. The summed E-state index contributed by atoms with van der Waals surface area (Å²) in [4.78, 5) is 36.0. The van der Waals surface area contributed by atoms with Crippen LogP contribution in [0.5, 0.6) is 0 Å². The van der Waals surface area contributed by atoms with E-state index in [9.17, 15) is 14.4 Å². The number of amides is 2. The molecular weight excluding hydrogens is 542 g/mol. The predicted octanol–water partition coefficient (Wildman–Crippen LogP) is 4.60. The Bertz CT molecular complexity index is 976. The van der Waals surface area contributed by atoms with Crippen molar-refractivity contribution >= 4 is 18.2 Å². The number of ether oxygens (including phenoxy) is 5. The first kappa shape index (κ1) is 35.3. The summed E-state index contributed by atoms with van der Waals surface area (Å²) in [7, 11) is 0. The molecule has 4 N–H and O–H groups in total. The van der Waals surface area contributed by atoms with Crippen LogP contribution in [0.2, 0.25) is 0 Å². The standard InChI is InChI=1S/C20H29NO5.C11H22N2O3/c1-19(2,3)26-18(23)21-20(11-13-24-14-12-20)10-9-17(22)25-15-16-7-5-4-6-8-16;1-10(2,3)16-9(14)13-11(8-12)4-6-15-7-5-11/h4-8H,9-15H2,1-3H3,(H,21,23);4-8,12H2,1-3H3,(H,13,14). The largest absolute Gasteiger partial charge is 0.461 e. The van der Waals surface area contributed by atoms with Crippen LogP contribution in [0.15, 0.2) is 30.3 Å². The number of carbonyl (C=O) groups excluding carboxylic acids is 3. The van der Waals surface area contributed by atoms with E-state index in [-0.39, 0.29) is 24.5 Å². The van der Waals surface area contributed by atoms with Gasteiger partial charge in [0, 0.05) is 44.9 Å². The van der Waals surface area contributed by atoms with Crippen molar-refractivity contribution < 1.29 is 38.1 Å². The van der Waals surface area contributed by atoms with Crippen molar-refractivity contribution in [3.05, 3.63) is 35.9 Å². The fraction of sp³-hybridized carbons (Fsp3) is 0.710. The van der Waals surface area contributed by atoms with Crippen LogP contribution in [-0.2, 0) is 35.1 Å². The van der Waals surface area contributed by atoms with Crippen LogP contribution in [-0.4, -0.2) is 73.4 Å². The Balaban J connectivity index is 0.000000330. The molecule has 2 saturated heterocycles. The van der Waals surface area contributed by atoms with Crippen molar-refractivity contribution in [2.75, 3.05) is 33.0 Å². The van der Waals surface area contributed by atoms with Crippen molar-refractivity contribution in [3.63, 3.8) is 0 Å². The van der Waals surface area contributed by atoms with Crippen molar-refractivity contribution in [1.82, 2.24) is 10.6 Å². The molecule has 2 amide bonds. The Morgan fingerprint density at radius 3 is 1.69 bits per heavy atom. The summed E-state index contributed by atoms with van der Waals surface area (Å²) in [6.45, 7) is 14.0. The second-order valence-corrected chi connectivity index (χ2v) is 12.9. The number of hydrogen-bond donors (Lipinski definition) is 3. The lowest BCUT2D eigenvalue weighted by molar-refractivity contribution is -0.145. The maximum absolute atomic E-state index is 12.2. The maximum Gasteiger partial charge on any atom is 0.408 e. The van der Waals surface area contributed by atoms with Crippen molar-refractivity contribution in [3.8, 4) is 0 Å². The minimum Gasteiger partial charge on any atom is -0.461 e. The molecule has 11 heteroatoms. The summed E-state index contributed by atoms with van der Waals surface area (Å²) in [6.07, 6.45) is 2.66. The summed E-state index contributed by atoms with van der Waals surface area (Å²) in [5, 5.41) is 5.84. The van der Waals surface area contributed by atoms with Gasteiger partial charge in [0.1, 0.15) is 17.8 Å². The van der Waals surface area contributed by atoms with Gasteiger partial charge in [-0.3, -0.25) is 4.79 Å². The van der Waals surface area contributed by atoms with Gasteiger partial charge in [-0.1, -0.05) is 30.3 Å². The molecule has 42 heavy (non-hydrogen) atoms. The molecule has 0 unspecified atom stereocenters. The third kappa shape index (κ3) is 13.8. The molecule has 0 radical (unpaired) electrons. The van der Waals surface area contributed by atoms with E-state index in [1.165, 1.54) is 0 Å². The summed E-state index contributed by atoms with van der Waals surface area (Å²) in [5.74, 6) is -0.272. The Morgan fingerprint density at radius 1 is 0.786 bits per heavy atom. The van der Waals surface area contributed by atoms with Crippen LogP contribution in [0.1, 0.15) is 85.6 Å². The molecule has 1 aromatic carbocycles. The summed E-state index contributed by atoms with van der Waals surface area (Å²) in [5.41, 5.74) is 4.78. The van der Waals surface area contributed by atoms with E-state index in [0.29, 0.717) is 52.2 Å². The molecule has 2 aliphatic heterocycles. The molecule has 2 aliphatic rings. The van der Waals surface area contributed by atoms with Gasteiger partial charge in [0.25, 0.3) is 0 Å². The lowest BCUT2D eigenvalue weighted by Gasteiger charge is -2.38. The van der Waals surface area contributed by atoms with E-state index in [2.05, 4.69) is 10.6 Å². The van der Waals surface area contributed by atoms with Gasteiger partial charge in [0.05, 0.1) is 5.54 Å². The van der Waals surface area contributed by atoms with Gasteiger partial charge in [-0.25, -0.2) is 9.59 Å². The molecule has 0 spiro atoms. The molecule has 2 fully saturated rings. The molecule has 0 aromatic heterocycles. The number of rotatable bonds is 8. The minimum absolute atomic E-state index is 0.239.